The predicted octanol–water partition coefficient (Wildman–Crippen LogP) is 2.78. The molecule has 2 nitrogen and oxygen atoms in total. The highest BCUT2D eigenvalue weighted by atomic mass is 35.5. The fraction of sp³-hybridized carbons (Fsp3) is 0.538. The van der Waals surface area contributed by atoms with E-state index in [-0.39, 0.29) is 16.9 Å². The van der Waals surface area contributed by atoms with Crippen LogP contribution in [0.4, 0.5) is 4.39 Å². The summed E-state index contributed by atoms with van der Waals surface area (Å²) >= 11 is 5.92. The van der Waals surface area contributed by atoms with Crippen molar-refractivity contribution < 1.29 is 9.13 Å². The van der Waals surface area contributed by atoms with E-state index in [0.717, 1.165) is 31.6 Å². The number of hydrogen-bond acceptors (Lipinski definition) is 2. The Morgan fingerprint density at radius 2 is 2.12 bits per heavy atom. The fourth-order valence-corrected chi connectivity index (χ4v) is 2.47. The van der Waals surface area contributed by atoms with Gasteiger partial charge in [0.2, 0.25) is 0 Å². The van der Waals surface area contributed by atoms with E-state index in [9.17, 15) is 4.39 Å². The maximum Gasteiger partial charge on any atom is 0.142 e. The second kappa shape index (κ2) is 5.80. The average molecular weight is 258 g/mol. The van der Waals surface area contributed by atoms with Crippen LogP contribution in [0.1, 0.15) is 18.4 Å². The maximum absolute atomic E-state index is 13.3. The summed E-state index contributed by atoms with van der Waals surface area (Å²) in [4.78, 5) is 0. The van der Waals surface area contributed by atoms with Gasteiger partial charge in [0.25, 0.3) is 0 Å². The average Bonchev–Trinajstić information content (AvgIpc) is 2.36. The van der Waals surface area contributed by atoms with Crippen LogP contribution in [-0.4, -0.2) is 19.3 Å². The highest BCUT2D eigenvalue weighted by molar-refractivity contribution is 6.31. The number of halogens is 2. The molecule has 0 aromatic heterocycles. The van der Waals surface area contributed by atoms with Gasteiger partial charge in [0.15, 0.2) is 0 Å². The normalized spacial score (nSPS) is 19.2. The van der Waals surface area contributed by atoms with Crippen LogP contribution < -0.4 is 5.73 Å². The van der Waals surface area contributed by atoms with Crippen LogP contribution in [0.5, 0.6) is 0 Å². The third-order valence-electron chi connectivity index (χ3n) is 3.36. The summed E-state index contributed by atoms with van der Waals surface area (Å²) in [6.07, 6.45) is 2.59. The molecule has 1 aromatic rings. The number of ether oxygens (including phenoxy) is 1. The molecule has 1 aliphatic heterocycles. The van der Waals surface area contributed by atoms with Gasteiger partial charge < -0.3 is 10.5 Å². The number of nitrogens with two attached hydrogens (primary N) is 1. The van der Waals surface area contributed by atoms with Gasteiger partial charge in [-0.3, -0.25) is 0 Å². The van der Waals surface area contributed by atoms with E-state index >= 15 is 0 Å². The van der Waals surface area contributed by atoms with Gasteiger partial charge in [0.1, 0.15) is 5.82 Å². The minimum absolute atomic E-state index is 0.0261. The molecule has 0 spiro atoms. The van der Waals surface area contributed by atoms with Crippen LogP contribution >= 0.6 is 11.6 Å². The molecule has 17 heavy (non-hydrogen) atoms. The van der Waals surface area contributed by atoms with Gasteiger partial charge in [-0.25, -0.2) is 4.39 Å². The number of rotatable bonds is 3. The summed E-state index contributed by atoms with van der Waals surface area (Å²) in [5, 5.41) is 0.204. The Labute approximate surface area is 106 Å². The Morgan fingerprint density at radius 3 is 2.82 bits per heavy atom. The molecule has 0 aliphatic carbocycles. The molecular formula is C13H17ClFNO. The minimum Gasteiger partial charge on any atom is -0.381 e. The van der Waals surface area contributed by atoms with Gasteiger partial charge >= 0.3 is 0 Å². The molecule has 0 saturated carbocycles. The van der Waals surface area contributed by atoms with E-state index in [0.29, 0.717) is 12.3 Å². The van der Waals surface area contributed by atoms with E-state index in [4.69, 9.17) is 22.1 Å². The van der Waals surface area contributed by atoms with E-state index < -0.39 is 0 Å². The van der Waals surface area contributed by atoms with Crippen molar-refractivity contribution in [2.45, 2.75) is 25.3 Å². The molecule has 1 aliphatic rings. The Bertz CT molecular complexity index is 380. The van der Waals surface area contributed by atoms with Crippen molar-refractivity contribution >= 4 is 11.6 Å². The van der Waals surface area contributed by atoms with Crippen LogP contribution in [-0.2, 0) is 11.2 Å². The Balaban J connectivity index is 2.01. The molecule has 1 heterocycles. The summed E-state index contributed by atoms with van der Waals surface area (Å²) < 4.78 is 18.6. The molecule has 4 heteroatoms. The quantitative estimate of drug-likeness (QED) is 0.904. The Morgan fingerprint density at radius 1 is 1.41 bits per heavy atom. The first-order valence-corrected chi connectivity index (χ1v) is 6.32. The maximum atomic E-state index is 13.3. The van der Waals surface area contributed by atoms with Crippen molar-refractivity contribution in [2.24, 2.45) is 11.7 Å². The molecule has 2 rings (SSSR count). The van der Waals surface area contributed by atoms with Crippen LogP contribution in [0.15, 0.2) is 18.2 Å². The lowest BCUT2D eigenvalue weighted by atomic mass is 9.88. The number of hydrogen-bond donors (Lipinski definition) is 1. The lowest BCUT2D eigenvalue weighted by molar-refractivity contribution is 0.0585. The predicted molar refractivity (Wildman–Crippen MR) is 66.6 cm³/mol. The second-order valence-electron chi connectivity index (χ2n) is 4.53. The zero-order valence-electron chi connectivity index (χ0n) is 9.66. The molecule has 1 aromatic carbocycles. The van der Waals surface area contributed by atoms with E-state index in [2.05, 4.69) is 0 Å². The number of benzene rings is 1. The van der Waals surface area contributed by atoms with E-state index in [1.54, 1.807) is 6.07 Å². The standard InChI is InChI=1S/C13H17ClFNO/c14-13-10(2-1-3-11(13)15)8-12(16)9-4-6-17-7-5-9/h1-3,9,12H,4-8,16H2. The fourth-order valence-electron chi connectivity index (χ4n) is 2.27. The molecular weight excluding hydrogens is 241 g/mol. The molecule has 0 radical (unpaired) electrons. The van der Waals surface area contributed by atoms with Crippen LogP contribution in [0.25, 0.3) is 0 Å². The molecule has 1 fully saturated rings. The summed E-state index contributed by atoms with van der Waals surface area (Å²) in [6.45, 7) is 1.55. The van der Waals surface area contributed by atoms with Crippen LogP contribution in [0, 0.1) is 11.7 Å². The molecule has 0 amide bonds. The van der Waals surface area contributed by atoms with Gasteiger partial charge in [0.05, 0.1) is 5.02 Å². The van der Waals surface area contributed by atoms with Gasteiger partial charge in [-0.1, -0.05) is 23.7 Å². The molecule has 1 atom stereocenters. The SMILES string of the molecule is NC(Cc1cccc(F)c1Cl)C1CCOCC1. The van der Waals surface area contributed by atoms with Crippen LogP contribution in [0.3, 0.4) is 0 Å². The van der Waals surface area contributed by atoms with Crippen molar-refractivity contribution in [2.75, 3.05) is 13.2 Å². The third kappa shape index (κ3) is 3.18. The molecule has 0 bridgehead atoms. The van der Waals surface area contributed by atoms with Crippen molar-refractivity contribution in [1.29, 1.82) is 0 Å². The highest BCUT2D eigenvalue weighted by Crippen LogP contribution is 2.25. The molecule has 1 unspecified atom stereocenters. The molecule has 94 valence electrons. The van der Waals surface area contributed by atoms with Crippen molar-refractivity contribution in [3.05, 3.63) is 34.6 Å². The van der Waals surface area contributed by atoms with Gasteiger partial charge in [-0.2, -0.15) is 0 Å². The first kappa shape index (κ1) is 12.8. The molecule has 2 N–H and O–H groups in total. The van der Waals surface area contributed by atoms with Crippen molar-refractivity contribution in [1.82, 2.24) is 0 Å². The third-order valence-corrected chi connectivity index (χ3v) is 3.78. The topological polar surface area (TPSA) is 35.2 Å². The second-order valence-corrected chi connectivity index (χ2v) is 4.91. The smallest absolute Gasteiger partial charge is 0.142 e. The van der Waals surface area contributed by atoms with Gasteiger partial charge in [-0.15, -0.1) is 0 Å². The zero-order valence-corrected chi connectivity index (χ0v) is 10.4. The monoisotopic (exact) mass is 257 g/mol. The lowest BCUT2D eigenvalue weighted by Gasteiger charge is -2.27. The summed E-state index contributed by atoms with van der Waals surface area (Å²) in [5.74, 6) is 0.0754. The summed E-state index contributed by atoms with van der Waals surface area (Å²) in [5.41, 5.74) is 6.96. The Kier molecular flexibility index (Phi) is 4.37. The van der Waals surface area contributed by atoms with Crippen LogP contribution in [0.2, 0.25) is 5.02 Å². The first-order valence-electron chi connectivity index (χ1n) is 5.94. The summed E-state index contributed by atoms with van der Waals surface area (Å²) in [7, 11) is 0. The largest absolute Gasteiger partial charge is 0.381 e. The van der Waals surface area contributed by atoms with E-state index in [1.165, 1.54) is 6.07 Å². The summed E-state index contributed by atoms with van der Waals surface area (Å²) in [6, 6.07) is 4.90. The minimum atomic E-state index is -0.372. The first-order chi connectivity index (χ1) is 8.18. The lowest BCUT2D eigenvalue weighted by Crippen LogP contribution is -2.36. The van der Waals surface area contributed by atoms with Crippen molar-refractivity contribution in [3.63, 3.8) is 0 Å². The molecule has 1 saturated heterocycles. The highest BCUT2D eigenvalue weighted by Gasteiger charge is 2.22. The zero-order chi connectivity index (χ0) is 12.3. The van der Waals surface area contributed by atoms with Gasteiger partial charge in [0, 0.05) is 19.3 Å². The van der Waals surface area contributed by atoms with Gasteiger partial charge in [-0.05, 0) is 36.8 Å². The van der Waals surface area contributed by atoms with E-state index in [1.807, 2.05) is 6.07 Å². The van der Waals surface area contributed by atoms with Crippen molar-refractivity contribution in [3.8, 4) is 0 Å². The Hall–Kier alpha value is -0.640.